The first-order chi connectivity index (χ1) is 8.25. The monoisotopic (exact) mass is 251 g/mol. The van der Waals surface area contributed by atoms with E-state index >= 15 is 0 Å². The fourth-order valence-electron chi connectivity index (χ4n) is 1.38. The average molecular weight is 251 g/mol. The lowest BCUT2D eigenvalue weighted by Crippen LogP contribution is -2.19. The standard InChI is InChI=1S/C12H13NO3S/c1-9(14)13-4-2-3-10-7-11(17-8-10)12-15-5-6-16-12/h7-8,12H,4-6H2,1H3,(H,13,14). The van der Waals surface area contributed by atoms with Crippen molar-refractivity contribution in [2.24, 2.45) is 0 Å². The maximum atomic E-state index is 10.6. The smallest absolute Gasteiger partial charge is 0.217 e. The van der Waals surface area contributed by atoms with Gasteiger partial charge in [0.1, 0.15) is 0 Å². The lowest BCUT2D eigenvalue weighted by molar-refractivity contribution is -0.118. The van der Waals surface area contributed by atoms with Crippen LogP contribution >= 0.6 is 11.3 Å². The molecule has 0 aliphatic carbocycles. The van der Waals surface area contributed by atoms with E-state index in [0.717, 1.165) is 10.4 Å². The molecule has 0 bridgehead atoms. The van der Waals surface area contributed by atoms with Gasteiger partial charge in [0, 0.05) is 17.9 Å². The Morgan fingerprint density at radius 1 is 1.59 bits per heavy atom. The normalized spacial score (nSPS) is 15.4. The molecule has 1 aromatic rings. The number of ether oxygens (including phenoxy) is 2. The van der Waals surface area contributed by atoms with Crippen molar-refractivity contribution in [3.05, 3.63) is 21.9 Å². The highest BCUT2D eigenvalue weighted by atomic mass is 32.1. The zero-order valence-electron chi connectivity index (χ0n) is 9.49. The summed E-state index contributed by atoms with van der Waals surface area (Å²) in [5.41, 5.74) is 0.925. The Morgan fingerprint density at radius 3 is 3.06 bits per heavy atom. The van der Waals surface area contributed by atoms with Crippen LogP contribution in [0.15, 0.2) is 11.4 Å². The van der Waals surface area contributed by atoms with Crippen molar-refractivity contribution in [3.8, 4) is 11.8 Å². The summed E-state index contributed by atoms with van der Waals surface area (Å²) in [6, 6.07) is 1.96. The van der Waals surface area contributed by atoms with E-state index in [0.29, 0.717) is 19.8 Å². The second-order valence-electron chi connectivity index (χ2n) is 3.52. The molecule has 0 atom stereocenters. The summed E-state index contributed by atoms with van der Waals surface area (Å²) in [7, 11) is 0. The molecule has 0 spiro atoms. The van der Waals surface area contributed by atoms with Crippen LogP contribution in [0.25, 0.3) is 0 Å². The van der Waals surface area contributed by atoms with Crippen molar-refractivity contribution in [1.82, 2.24) is 5.32 Å². The molecule has 1 amide bonds. The summed E-state index contributed by atoms with van der Waals surface area (Å²) in [5, 5.41) is 4.58. The molecule has 17 heavy (non-hydrogen) atoms. The fourth-order valence-corrected chi connectivity index (χ4v) is 2.21. The Kier molecular flexibility index (Phi) is 4.15. The largest absolute Gasteiger partial charge is 0.345 e. The Bertz CT molecular complexity index is 452. The highest BCUT2D eigenvalue weighted by Crippen LogP contribution is 2.28. The van der Waals surface area contributed by atoms with Gasteiger partial charge < -0.3 is 14.8 Å². The van der Waals surface area contributed by atoms with Crippen LogP contribution < -0.4 is 5.32 Å². The third kappa shape index (κ3) is 3.56. The lowest BCUT2D eigenvalue weighted by atomic mass is 10.3. The number of nitrogens with one attached hydrogen (secondary N) is 1. The molecular weight excluding hydrogens is 238 g/mol. The van der Waals surface area contributed by atoms with Crippen LogP contribution in [0.2, 0.25) is 0 Å². The van der Waals surface area contributed by atoms with Crippen LogP contribution in [-0.4, -0.2) is 25.7 Å². The molecule has 0 radical (unpaired) electrons. The maximum absolute atomic E-state index is 10.6. The van der Waals surface area contributed by atoms with E-state index in [9.17, 15) is 4.79 Å². The average Bonchev–Trinajstić information content (AvgIpc) is 2.94. The number of hydrogen-bond donors (Lipinski definition) is 1. The van der Waals surface area contributed by atoms with Crippen molar-refractivity contribution in [3.63, 3.8) is 0 Å². The van der Waals surface area contributed by atoms with Gasteiger partial charge in [0.15, 0.2) is 6.29 Å². The molecule has 4 nitrogen and oxygen atoms in total. The van der Waals surface area contributed by atoms with Gasteiger partial charge in [-0.1, -0.05) is 11.8 Å². The van der Waals surface area contributed by atoms with E-state index in [1.54, 1.807) is 11.3 Å². The number of amides is 1. The zero-order chi connectivity index (χ0) is 12.1. The summed E-state index contributed by atoms with van der Waals surface area (Å²) < 4.78 is 10.8. The maximum Gasteiger partial charge on any atom is 0.217 e. The van der Waals surface area contributed by atoms with Crippen LogP contribution in [0.4, 0.5) is 0 Å². The minimum absolute atomic E-state index is 0.0712. The number of hydrogen-bond acceptors (Lipinski definition) is 4. The molecule has 1 N–H and O–H groups in total. The van der Waals surface area contributed by atoms with Gasteiger partial charge >= 0.3 is 0 Å². The Labute approximate surface area is 104 Å². The zero-order valence-corrected chi connectivity index (χ0v) is 10.3. The molecule has 1 fully saturated rings. The second kappa shape index (κ2) is 5.82. The molecule has 0 saturated carbocycles. The van der Waals surface area contributed by atoms with E-state index in [-0.39, 0.29) is 12.2 Å². The predicted octanol–water partition coefficient (Wildman–Crippen LogP) is 1.28. The lowest BCUT2D eigenvalue weighted by Gasteiger charge is -2.03. The highest BCUT2D eigenvalue weighted by Gasteiger charge is 2.19. The molecule has 0 aromatic carbocycles. The Morgan fingerprint density at radius 2 is 2.35 bits per heavy atom. The number of carbonyl (C=O) groups is 1. The molecular formula is C12H13NO3S. The van der Waals surface area contributed by atoms with Crippen LogP contribution in [0.5, 0.6) is 0 Å². The quantitative estimate of drug-likeness (QED) is 0.805. The minimum Gasteiger partial charge on any atom is -0.345 e. The van der Waals surface area contributed by atoms with Gasteiger partial charge in [-0.25, -0.2) is 0 Å². The SMILES string of the molecule is CC(=O)NCC#Cc1csc(C2OCCO2)c1. The Hall–Kier alpha value is -1.35. The van der Waals surface area contributed by atoms with Crippen molar-refractivity contribution in [2.45, 2.75) is 13.2 Å². The topological polar surface area (TPSA) is 47.6 Å². The molecule has 90 valence electrons. The van der Waals surface area contributed by atoms with Crippen LogP contribution in [0.1, 0.15) is 23.7 Å². The van der Waals surface area contributed by atoms with Crippen molar-refractivity contribution < 1.29 is 14.3 Å². The molecule has 0 unspecified atom stereocenters. The molecule has 2 rings (SSSR count). The third-order valence-corrected chi connectivity index (χ3v) is 3.09. The van der Waals surface area contributed by atoms with Gasteiger partial charge in [0.2, 0.25) is 5.91 Å². The first-order valence-electron chi connectivity index (χ1n) is 5.30. The van der Waals surface area contributed by atoms with Gasteiger partial charge in [-0.3, -0.25) is 4.79 Å². The molecule has 1 aliphatic heterocycles. The first kappa shape index (κ1) is 12.1. The second-order valence-corrected chi connectivity index (χ2v) is 4.47. The molecule has 2 heterocycles. The minimum atomic E-state index is -0.231. The van der Waals surface area contributed by atoms with E-state index in [1.807, 2.05) is 11.4 Å². The van der Waals surface area contributed by atoms with Gasteiger partial charge in [0.05, 0.1) is 24.6 Å². The van der Waals surface area contributed by atoms with E-state index in [4.69, 9.17) is 9.47 Å². The van der Waals surface area contributed by atoms with E-state index < -0.39 is 0 Å². The number of carbonyl (C=O) groups excluding carboxylic acids is 1. The van der Waals surface area contributed by atoms with Crippen molar-refractivity contribution >= 4 is 17.2 Å². The van der Waals surface area contributed by atoms with Gasteiger partial charge in [-0.15, -0.1) is 11.3 Å². The molecule has 1 saturated heterocycles. The van der Waals surface area contributed by atoms with E-state index in [2.05, 4.69) is 17.2 Å². The summed E-state index contributed by atoms with van der Waals surface area (Å²) in [6.07, 6.45) is -0.231. The summed E-state index contributed by atoms with van der Waals surface area (Å²) in [5.74, 6) is 5.79. The fraction of sp³-hybridized carbons (Fsp3) is 0.417. The van der Waals surface area contributed by atoms with Crippen LogP contribution in [-0.2, 0) is 14.3 Å². The van der Waals surface area contributed by atoms with Gasteiger partial charge in [-0.05, 0) is 6.07 Å². The molecule has 1 aromatic heterocycles. The van der Waals surface area contributed by atoms with Crippen molar-refractivity contribution in [1.29, 1.82) is 0 Å². The summed E-state index contributed by atoms with van der Waals surface area (Å²) >= 11 is 1.57. The van der Waals surface area contributed by atoms with Crippen LogP contribution in [0.3, 0.4) is 0 Å². The molecule has 1 aliphatic rings. The summed E-state index contributed by atoms with van der Waals surface area (Å²) in [4.78, 5) is 11.7. The summed E-state index contributed by atoms with van der Waals surface area (Å²) in [6.45, 7) is 3.13. The van der Waals surface area contributed by atoms with Gasteiger partial charge in [-0.2, -0.15) is 0 Å². The van der Waals surface area contributed by atoms with Crippen molar-refractivity contribution in [2.75, 3.05) is 19.8 Å². The molecule has 5 heteroatoms. The predicted molar refractivity (Wildman–Crippen MR) is 64.5 cm³/mol. The third-order valence-electron chi connectivity index (χ3n) is 2.13. The first-order valence-corrected chi connectivity index (χ1v) is 6.18. The van der Waals surface area contributed by atoms with Crippen LogP contribution in [0, 0.1) is 11.8 Å². The number of thiophene rings is 1. The Balaban J connectivity index is 1.91. The highest BCUT2D eigenvalue weighted by molar-refractivity contribution is 7.10. The van der Waals surface area contributed by atoms with Gasteiger partial charge in [0.25, 0.3) is 0 Å². The van der Waals surface area contributed by atoms with E-state index in [1.165, 1.54) is 6.92 Å². The number of rotatable bonds is 2.